The summed E-state index contributed by atoms with van der Waals surface area (Å²) in [4.78, 5) is 22.0. The van der Waals surface area contributed by atoms with Gasteiger partial charge in [0.15, 0.2) is 5.12 Å². The quantitative estimate of drug-likeness (QED) is 0.708. The van der Waals surface area contributed by atoms with E-state index < -0.39 is 0 Å². The number of thioether (sulfide) groups is 1. The fourth-order valence-corrected chi connectivity index (χ4v) is 1.48. The van der Waals surface area contributed by atoms with Gasteiger partial charge < -0.3 is 5.32 Å². The first kappa shape index (κ1) is 12.5. The normalized spacial score (nSPS) is 11.1. The van der Waals surface area contributed by atoms with Crippen LogP contribution in [0.5, 0.6) is 0 Å². The molecular formula is C9H17NO2S. The molecule has 0 rings (SSSR count). The van der Waals surface area contributed by atoms with E-state index in [1.165, 1.54) is 18.7 Å². The second-order valence-corrected chi connectivity index (χ2v) is 4.49. The molecule has 0 saturated carbocycles. The van der Waals surface area contributed by atoms with Gasteiger partial charge >= 0.3 is 0 Å². The Labute approximate surface area is 83.7 Å². The van der Waals surface area contributed by atoms with E-state index in [4.69, 9.17) is 0 Å². The fraction of sp³-hybridized carbons (Fsp3) is 0.778. The molecule has 0 unspecified atom stereocenters. The number of carbonyl (C=O) groups excluding carboxylic acids is 2. The van der Waals surface area contributed by atoms with Crippen molar-refractivity contribution < 1.29 is 9.59 Å². The molecule has 1 N–H and O–H groups in total. The molecule has 13 heavy (non-hydrogen) atoms. The van der Waals surface area contributed by atoms with E-state index in [2.05, 4.69) is 5.32 Å². The molecular weight excluding hydrogens is 186 g/mol. The maximum atomic E-state index is 11.5. The van der Waals surface area contributed by atoms with Crippen LogP contribution >= 0.6 is 11.8 Å². The number of hydrogen-bond donors (Lipinski definition) is 1. The van der Waals surface area contributed by atoms with Crippen molar-refractivity contribution in [2.75, 3.05) is 5.88 Å². The van der Waals surface area contributed by atoms with E-state index >= 15 is 0 Å². The molecule has 0 spiro atoms. The zero-order valence-electron chi connectivity index (χ0n) is 8.64. The van der Waals surface area contributed by atoms with Gasteiger partial charge in [0, 0.05) is 12.3 Å². The second kappa shape index (κ2) is 5.27. The lowest BCUT2D eigenvalue weighted by atomic mass is 9.92. The summed E-state index contributed by atoms with van der Waals surface area (Å²) >= 11 is 1.17. The van der Waals surface area contributed by atoms with E-state index in [1.54, 1.807) is 0 Å². The highest BCUT2D eigenvalue weighted by Gasteiger charge is 2.25. The van der Waals surface area contributed by atoms with Crippen LogP contribution in [0.4, 0.5) is 0 Å². The molecule has 0 aliphatic heterocycles. The number of amides is 1. The summed E-state index contributed by atoms with van der Waals surface area (Å²) in [7, 11) is 0. The van der Waals surface area contributed by atoms with E-state index in [-0.39, 0.29) is 16.4 Å². The third kappa shape index (κ3) is 4.93. The van der Waals surface area contributed by atoms with Crippen molar-refractivity contribution in [3.8, 4) is 0 Å². The van der Waals surface area contributed by atoms with Crippen molar-refractivity contribution in [2.45, 2.75) is 34.1 Å². The summed E-state index contributed by atoms with van der Waals surface area (Å²) in [5.74, 6) is 0.270. The smallest absolute Gasteiger partial charge is 0.217 e. The lowest BCUT2D eigenvalue weighted by molar-refractivity contribution is -0.118. The van der Waals surface area contributed by atoms with Crippen LogP contribution in [0.3, 0.4) is 0 Å². The standard InChI is InChI=1S/C9H17NO2S/c1-5-9(3,4)8(12)13-6-10-7(2)11/h5-6H2,1-4H3,(H,10,11). The number of nitrogens with one attached hydrogen (secondary N) is 1. The van der Waals surface area contributed by atoms with Gasteiger partial charge in [-0.25, -0.2) is 0 Å². The Kier molecular flexibility index (Phi) is 5.06. The van der Waals surface area contributed by atoms with Crippen molar-refractivity contribution in [1.29, 1.82) is 0 Å². The minimum Gasteiger partial charge on any atom is -0.347 e. The highest BCUT2D eigenvalue weighted by molar-refractivity contribution is 8.13. The van der Waals surface area contributed by atoms with Crippen LogP contribution in [0.15, 0.2) is 0 Å². The van der Waals surface area contributed by atoms with Gasteiger partial charge in [-0.1, -0.05) is 32.5 Å². The minimum atomic E-state index is -0.289. The summed E-state index contributed by atoms with van der Waals surface area (Å²) < 4.78 is 0. The van der Waals surface area contributed by atoms with Gasteiger partial charge in [-0.3, -0.25) is 9.59 Å². The molecule has 0 atom stereocenters. The van der Waals surface area contributed by atoms with E-state index in [1.807, 2.05) is 20.8 Å². The summed E-state index contributed by atoms with van der Waals surface area (Å²) in [5.41, 5.74) is -0.289. The second-order valence-electron chi connectivity index (χ2n) is 3.55. The Morgan fingerprint density at radius 3 is 2.31 bits per heavy atom. The molecule has 0 aromatic heterocycles. The van der Waals surface area contributed by atoms with Gasteiger partial charge in [-0.05, 0) is 6.42 Å². The Balaban J connectivity index is 3.81. The molecule has 0 bridgehead atoms. The van der Waals surface area contributed by atoms with Crippen molar-refractivity contribution >= 4 is 22.8 Å². The molecule has 0 aliphatic carbocycles. The molecule has 0 aromatic carbocycles. The third-order valence-corrected chi connectivity index (χ3v) is 3.06. The van der Waals surface area contributed by atoms with Crippen LogP contribution in [-0.4, -0.2) is 16.9 Å². The molecule has 0 saturated heterocycles. The largest absolute Gasteiger partial charge is 0.347 e. The maximum absolute atomic E-state index is 11.5. The van der Waals surface area contributed by atoms with Crippen LogP contribution in [0.2, 0.25) is 0 Å². The molecule has 0 fully saturated rings. The lowest BCUT2D eigenvalue weighted by Crippen LogP contribution is -2.25. The van der Waals surface area contributed by atoms with E-state index in [9.17, 15) is 9.59 Å². The first-order chi connectivity index (χ1) is 5.90. The first-order valence-electron chi connectivity index (χ1n) is 4.32. The van der Waals surface area contributed by atoms with E-state index in [0.717, 1.165) is 6.42 Å². The molecule has 3 nitrogen and oxygen atoms in total. The topological polar surface area (TPSA) is 46.2 Å². The van der Waals surface area contributed by atoms with Crippen molar-refractivity contribution in [1.82, 2.24) is 5.32 Å². The van der Waals surface area contributed by atoms with Gasteiger partial charge in [0.1, 0.15) is 0 Å². The summed E-state index contributed by atoms with van der Waals surface area (Å²) in [6.07, 6.45) is 0.818. The van der Waals surface area contributed by atoms with Crippen molar-refractivity contribution in [2.24, 2.45) is 5.41 Å². The Hall–Kier alpha value is -0.510. The predicted octanol–water partition coefficient (Wildman–Crippen LogP) is 1.78. The maximum Gasteiger partial charge on any atom is 0.217 e. The Morgan fingerprint density at radius 1 is 1.38 bits per heavy atom. The average Bonchev–Trinajstić information content (AvgIpc) is 2.03. The van der Waals surface area contributed by atoms with Crippen LogP contribution < -0.4 is 5.32 Å². The Morgan fingerprint density at radius 2 is 1.92 bits per heavy atom. The molecule has 0 aromatic rings. The highest BCUT2D eigenvalue weighted by atomic mass is 32.2. The van der Waals surface area contributed by atoms with Gasteiger partial charge in [0.2, 0.25) is 5.91 Å². The van der Waals surface area contributed by atoms with Gasteiger partial charge in [0.25, 0.3) is 0 Å². The molecule has 76 valence electrons. The highest BCUT2D eigenvalue weighted by Crippen LogP contribution is 2.26. The molecule has 1 amide bonds. The molecule has 0 aliphatic rings. The van der Waals surface area contributed by atoms with Crippen LogP contribution in [0.25, 0.3) is 0 Å². The van der Waals surface area contributed by atoms with Crippen LogP contribution in [0, 0.1) is 5.41 Å². The lowest BCUT2D eigenvalue weighted by Gasteiger charge is -2.19. The SMILES string of the molecule is CCC(C)(C)C(=O)SCNC(C)=O. The summed E-state index contributed by atoms with van der Waals surface area (Å²) in [5, 5.41) is 2.70. The molecule has 4 heteroatoms. The number of rotatable bonds is 4. The minimum absolute atomic E-state index is 0.102. The van der Waals surface area contributed by atoms with Crippen molar-refractivity contribution in [3.05, 3.63) is 0 Å². The van der Waals surface area contributed by atoms with Gasteiger partial charge in [-0.2, -0.15) is 0 Å². The van der Waals surface area contributed by atoms with Crippen LogP contribution in [-0.2, 0) is 9.59 Å². The Bertz CT molecular complexity index is 202. The molecule has 0 heterocycles. The predicted molar refractivity (Wildman–Crippen MR) is 55.4 cm³/mol. The first-order valence-corrected chi connectivity index (χ1v) is 5.30. The zero-order valence-corrected chi connectivity index (χ0v) is 9.46. The summed E-state index contributed by atoms with van der Waals surface area (Å²) in [6, 6.07) is 0. The third-order valence-electron chi connectivity index (χ3n) is 1.96. The zero-order chi connectivity index (χ0) is 10.5. The molecule has 0 radical (unpaired) electrons. The fourth-order valence-electron chi connectivity index (χ4n) is 0.543. The number of hydrogen-bond acceptors (Lipinski definition) is 3. The average molecular weight is 203 g/mol. The number of carbonyl (C=O) groups is 2. The van der Waals surface area contributed by atoms with E-state index in [0.29, 0.717) is 5.88 Å². The monoisotopic (exact) mass is 203 g/mol. The van der Waals surface area contributed by atoms with Crippen molar-refractivity contribution in [3.63, 3.8) is 0 Å². The van der Waals surface area contributed by atoms with Gasteiger partial charge in [0.05, 0.1) is 5.88 Å². The summed E-state index contributed by atoms with van der Waals surface area (Å²) in [6.45, 7) is 7.25. The van der Waals surface area contributed by atoms with Gasteiger partial charge in [-0.15, -0.1) is 0 Å². The van der Waals surface area contributed by atoms with Crippen LogP contribution in [0.1, 0.15) is 34.1 Å².